The Hall–Kier alpha value is -0.870. The molecule has 8 heteroatoms. The number of guanidine groups is 1. The minimum Gasteiger partial charge on any atom is -0.444 e. The van der Waals surface area contributed by atoms with Crippen LogP contribution in [0.4, 0.5) is 0 Å². The molecule has 3 heterocycles. The summed E-state index contributed by atoms with van der Waals surface area (Å²) >= 11 is 0. The van der Waals surface area contributed by atoms with Gasteiger partial charge in [0.05, 0.1) is 24.9 Å². The van der Waals surface area contributed by atoms with E-state index >= 15 is 0 Å². The average Bonchev–Trinajstić information content (AvgIpc) is 2.91. The average molecular weight is 477 g/mol. The third kappa shape index (κ3) is 5.82. The van der Waals surface area contributed by atoms with Crippen LogP contribution in [0.15, 0.2) is 9.41 Å². The van der Waals surface area contributed by atoms with Gasteiger partial charge in [-0.15, -0.1) is 24.0 Å². The number of halogens is 1. The topological polar surface area (TPSA) is 80.1 Å². The van der Waals surface area contributed by atoms with E-state index in [1.807, 2.05) is 13.8 Å². The molecule has 7 nitrogen and oxygen atoms in total. The number of nitrogens with two attached hydrogens (primary N) is 1. The molecule has 2 fully saturated rings. The van der Waals surface area contributed by atoms with Crippen LogP contribution < -0.4 is 5.73 Å². The number of aliphatic imine (C=N–C) groups is 1. The van der Waals surface area contributed by atoms with Crippen LogP contribution >= 0.6 is 24.0 Å². The number of oxazole rings is 1. The maximum Gasteiger partial charge on any atom is 0.208 e. The lowest BCUT2D eigenvalue weighted by Crippen LogP contribution is -2.48. The second kappa shape index (κ2) is 9.89. The fourth-order valence-electron chi connectivity index (χ4n) is 3.47. The first-order valence-electron chi connectivity index (χ1n) is 9.33. The lowest BCUT2D eigenvalue weighted by atomic mass is 9.97. The smallest absolute Gasteiger partial charge is 0.208 e. The molecule has 1 aromatic rings. The highest BCUT2D eigenvalue weighted by molar-refractivity contribution is 14.0. The maximum absolute atomic E-state index is 6.16. The molecule has 148 valence electrons. The van der Waals surface area contributed by atoms with Crippen molar-refractivity contribution in [3.05, 3.63) is 17.3 Å². The van der Waals surface area contributed by atoms with Gasteiger partial charge in [0, 0.05) is 19.6 Å². The second-order valence-electron chi connectivity index (χ2n) is 7.30. The fraction of sp³-hybridized carbons (Fsp3) is 0.778. The van der Waals surface area contributed by atoms with Crippen LogP contribution in [0.3, 0.4) is 0 Å². The minimum atomic E-state index is 0. The van der Waals surface area contributed by atoms with Crippen molar-refractivity contribution in [2.45, 2.75) is 46.3 Å². The Labute approximate surface area is 173 Å². The zero-order valence-corrected chi connectivity index (χ0v) is 18.4. The van der Waals surface area contributed by atoms with Gasteiger partial charge in [-0.25, -0.2) is 4.98 Å². The van der Waals surface area contributed by atoms with Crippen LogP contribution in [-0.4, -0.2) is 66.2 Å². The SMILES string of the molecule is Cc1nc(CN2CCC(CN=C(N)N3CCOC(C)C3)CC2)oc1C.I. The summed E-state index contributed by atoms with van der Waals surface area (Å²) in [5.74, 6) is 3.04. The van der Waals surface area contributed by atoms with Gasteiger partial charge in [-0.2, -0.15) is 0 Å². The monoisotopic (exact) mass is 477 g/mol. The number of hydrogen-bond acceptors (Lipinski definition) is 5. The molecule has 0 bridgehead atoms. The molecule has 2 N–H and O–H groups in total. The van der Waals surface area contributed by atoms with E-state index in [-0.39, 0.29) is 30.1 Å². The van der Waals surface area contributed by atoms with E-state index in [4.69, 9.17) is 14.9 Å². The normalized spacial score (nSPS) is 23.1. The van der Waals surface area contributed by atoms with Crippen molar-refractivity contribution in [3.63, 3.8) is 0 Å². The van der Waals surface area contributed by atoms with Crippen LogP contribution in [-0.2, 0) is 11.3 Å². The van der Waals surface area contributed by atoms with Crippen LogP contribution in [0, 0.1) is 19.8 Å². The summed E-state index contributed by atoms with van der Waals surface area (Å²) in [7, 11) is 0. The number of ether oxygens (including phenoxy) is 1. The highest BCUT2D eigenvalue weighted by atomic mass is 127. The summed E-state index contributed by atoms with van der Waals surface area (Å²) in [5, 5.41) is 0. The predicted molar refractivity (Wildman–Crippen MR) is 113 cm³/mol. The van der Waals surface area contributed by atoms with Crippen LogP contribution in [0.2, 0.25) is 0 Å². The molecule has 1 atom stereocenters. The number of nitrogens with zero attached hydrogens (tertiary/aromatic N) is 4. The first-order chi connectivity index (χ1) is 12.0. The number of hydrogen-bond donors (Lipinski definition) is 1. The van der Waals surface area contributed by atoms with Gasteiger partial charge in [-0.3, -0.25) is 9.89 Å². The highest BCUT2D eigenvalue weighted by Gasteiger charge is 2.22. The van der Waals surface area contributed by atoms with Gasteiger partial charge >= 0.3 is 0 Å². The second-order valence-corrected chi connectivity index (χ2v) is 7.30. The zero-order chi connectivity index (χ0) is 17.8. The molecule has 26 heavy (non-hydrogen) atoms. The summed E-state index contributed by atoms with van der Waals surface area (Å²) in [6.45, 7) is 12.2. The molecule has 1 aromatic heterocycles. The van der Waals surface area contributed by atoms with Gasteiger partial charge in [0.15, 0.2) is 5.96 Å². The van der Waals surface area contributed by atoms with Crippen molar-refractivity contribution in [1.29, 1.82) is 0 Å². The molecular formula is C18H32IN5O2. The van der Waals surface area contributed by atoms with Crippen LogP contribution in [0.5, 0.6) is 0 Å². The fourth-order valence-corrected chi connectivity index (χ4v) is 3.47. The molecular weight excluding hydrogens is 445 g/mol. The Morgan fingerprint density at radius 2 is 2.00 bits per heavy atom. The number of rotatable bonds is 4. The van der Waals surface area contributed by atoms with E-state index in [0.717, 1.165) is 76.1 Å². The molecule has 0 radical (unpaired) electrons. The van der Waals surface area contributed by atoms with E-state index in [1.54, 1.807) is 0 Å². The van der Waals surface area contributed by atoms with Gasteiger partial charge in [0.2, 0.25) is 5.89 Å². The Kier molecular flexibility index (Phi) is 8.15. The zero-order valence-electron chi connectivity index (χ0n) is 16.1. The predicted octanol–water partition coefficient (Wildman–Crippen LogP) is 2.16. The molecule has 3 rings (SSSR count). The van der Waals surface area contributed by atoms with Gasteiger partial charge in [0.1, 0.15) is 5.76 Å². The van der Waals surface area contributed by atoms with E-state index in [9.17, 15) is 0 Å². The van der Waals surface area contributed by atoms with Crippen molar-refractivity contribution in [1.82, 2.24) is 14.8 Å². The van der Waals surface area contributed by atoms with Gasteiger partial charge in [-0.1, -0.05) is 0 Å². The summed E-state index contributed by atoms with van der Waals surface area (Å²) < 4.78 is 11.2. The van der Waals surface area contributed by atoms with Crippen molar-refractivity contribution in [3.8, 4) is 0 Å². The summed E-state index contributed by atoms with van der Waals surface area (Å²) in [5.41, 5.74) is 7.16. The number of morpholine rings is 1. The summed E-state index contributed by atoms with van der Waals surface area (Å²) in [4.78, 5) is 13.7. The standard InChI is InChI=1S/C18H31N5O2.HI/c1-13-11-23(8-9-24-13)18(19)20-10-16-4-6-22(7-5-16)12-17-21-14(2)15(3)25-17;/h13,16H,4-12H2,1-3H3,(H2,19,20);1H. The van der Waals surface area contributed by atoms with E-state index in [0.29, 0.717) is 11.9 Å². The van der Waals surface area contributed by atoms with Gasteiger partial charge < -0.3 is 19.8 Å². The number of piperidine rings is 1. The molecule has 0 saturated carbocycles. The van der Waals surface area contributed by atoms with Crippen LogP contribution in [0.1, 0.15) is 37.1 Å². The molecule has 0 aliphatic carbocycles. The maximum atomic E-state index is 6.16. The third-order valence-electron chi connectivity index (χ3n) is 5.22. The van der Waals surface area contributed by atoms with Gasteiger partial charge in [-0.05, 0) is 52.6 Å². The Morgan fingerprint density at radius 1 is 1.27 bits per heavy atom. The van der Waals surface area contributed by atoms with Gasteiger partial charge in [0.25, 0.3) is 0 Å². The number of aromatic nitrogens is 1. The molecule has 2 saturated heterocycles. The lowest BCUT2D eigenvalue weighted by molar-refractivity contribution is 0.00525. The Balaban J connectivity index is 0.00000243. The molecule has 1 unspecified atom stereocenters. The minimum absolute atomic E-state index is 0. The Bertz CT molecular complexity index is 579. The first kappa shape index (κ1) is 21.4. The first-order valence-corrected chi connectivity index (χ1v) is 9.33. The largest absolute Gasteiger partial charge is 0.444 e. The number of aryl methyl sites for hydroxylation is 2. The Morgan fingerprint density at radius 3 is 2.62 bits per heavy atom. The summed E-state index contributed by atoms with van der Waals surface area (Å²) in [6, 6.07) is 0. The molecule has 2 aliphatic heterocycles. The van der Waals surface area contributed by atoms with E-state index < -0.39 is 0 Å². The van der Waals surface area contributed by atoms with Crippen molar-refractivity contribution >= 4 is 29.9 Å². The molecule has 0 amide bonds. The van der Waals surface area contributed by atoms with Crippen molar-refractivity contribution < 1.29 is 9.15 Å². The van der Waals surface area contributed by atoms with E-state index in [1.165, 1.54) is 0 Å². The molecule has 0 aromatic carbocycles. The van der Waals surface area contributed by atoms with E-state index in [2.05, 4.69) is 26.7 Å². The number of likely N-dealkylation sites (tertiary alicyclic amines) is 1. The molecule has 2 aliphatic rings. The lowest BCUT2D eigenvalue weighted by Gasteiger charge is -2.33. The third-order valence-corrected chi connectivity index (χ3v) is 5.22. The highest BCUT2D eigenvalue weighted by Crippen LogP contribution is 2.20. The summed E-state index contributed by atoms with van der Waals surface area (Å²) in [6.07, 6.45) is 2.53. The quantitative estimate of drug-likeness (QED) is 0.407. The van der Waals surface area contributed by atoms with Crippen molar-refractivity contribution in [2.75, 3.05) is 39.3 Å². The van der Waals surface area contributed by atoms with Crippen molar-refractivity contribution in [2.24, 2.45) is 16.6 Å². The molecule has 0 spiro atoms. The van der Waals surface area contributed by atoms with Crippen LogP contribution in [0.25, 0.3) is 0 Å².